The molecular weight excluding hydrogens is 258 g/mol. The van der Waals surface area contributed by atoms with E-state index in [1.165, 1.54) is 11.3 Å². The van der Waals surface area contributed by atoms with Crippen LogP contribution in [-0.4, -0.2) is 15.6 Å². The fraction of sp³-hybridized carbons (Fsp3) is 0.0909. The largest absolute Gasteiger partial charge is 0.478 e. The van der Waals surface area contributed by atoms with Crippen LogP contribution in [0.5, 0.6) is 0 Å². The lowest BCUT2D eigenvalue weighted by Gasteiger charge is -1.95. The van der Waals surface area contributed by atoms with Gasteiger partial charge in [0.15, 0.2) is 0 Å². The molecule has 1 N–H and O–H groups in total. The first kappa shape index (κ1) is 11.8. The molecule has 0 atom stereocenters. The predicted molar refractivity (Wildman–Crippen MR) is 68.7 cm³/mol. The number of aromatic nitrogens is 1. The molecule has 2 heterocycles. The van der Waals surface area contributed by atoms with Gasteiger partial charge in [-0.05, 0) is 23.1 Å². The summed E-state index contributed by atoms with van der Waals surface area (Å²) in [6, 6.07) is 1.88. The van der Waals surface area contributed by atoms with E-state index in [-0.39, 0.29) is 4.87 Å². The first-order chi connectivity index (χ1) is 8.15. The number of carboxylic acids is 1. The van der Waals surface area contributed by atoms with Gasteiger partial charge in [-0.25, -0.2) is 4.79 Å². The summed E-state index contributed by atoms with van der Waals surface area (Å²) in [7, 11) is 0. The Morgan fingerprint density at radius 3 is 2.94 bits per heavy atom. The van der Waals surface area contributed by atoms with Crippen LogP contribution < -0.4 is 4.87 Å². The number of rotatable bonds is 4. The second-order valence-corrected chi connectivity index (χ2v) is 5.17. The van der Waals surface area contributed by atoms with Crippen molar-refractivity contribution in [2.24, 2.45) is 0 Å². The molecule has 2 aromatic rings. The van der Waals surface area contributed by atoms with Crippen LogP contribution in [0.4, 0.5) is 0 Å². The molecule has 0 spiro atoms. The maximum Gasteiger partial charge on any atom is 0.328 e. The van der Waals surface area contributed by atoms with Crippen molar-refractivity contribution < 1.29 is 9.90 Å². The molecule has 2 aromatic heterocycles. The number of hydrogen-bond donors (Lipinski definition) is 1. The summed E-state index contributed by atoms with van der Waals surface area (Å²) < 4.78 is 1.63. The SMILES string of the molecule is O=C(O)C=Cc1csc(Cn2ccsc2=O)c1. The number of carboxylic acid groups (broad SMARTS) is 1. The van der Waals surface area contributed by atoms with Crippen LogP contribution in [0.25, 0.3) is 6.08 Å². The molecule has 6 heteroatoms. The lowest BCUT2D eigenvalue weighted by molar-refractivity contribution is -0.131. The minimum Gasteiger partial charge on any atom is -0.478 e. The van der Waals surface area contributed by atoms with Gasteiger partial charge in [-0.1, -0.05) is 11.3 Å². The molecule has 4 nitrogen and oxygen atoms in total. The maximum atomic E-state index is 11.3. The van der Waals surface area contributed by atoms with Crippen LogP contribution in [0.2, 0.25) is 0 Å². The third-order valence-electron chi connectivity index (χ3n) is 2.06. The Kier molecular flexibility index (Phi) is 3.55. The van der Waals surface area contributed by atoms with Crippen molar-refractivity contribution in [3.05, 3.63) is 49.2 Å². The summed E-state index contributed by atoms with van der Waals surface area (Å²) in [4.78, 5) is 22.7. The maximum absolute atomic E-state index is 11.3. The van der Waals surface area contributed by atoms with E-state index < -0.39 is 5.97 Å². The van der Waals surface area contributed by atoms with E-state index in [1.807, 2.05) is 11.4 Å². The van der Waals surface area contributed by atoms with Gasteiger partial charge in [-0.15, -0.1) is 11.3 Å². The van der Waals surface area contributed by atoms with E-state index in [1.54, 1.807) is 22.2 Å². The molecular formula is C11H9NO3S2. The zero-order chi connectivity index (χ0) is 12.3. The van der Waals surface area contributed by atoms with Gasteiger partial charge in [0, 0.05) is 22.5 Å². The highest BCUT2D eigenvalue weighted by Gasteiger charge is 2.01. The summed E-state index contributed by atoms with van der Waals surface area (Å²) in [5.74, 6) is -0.966. The molecule has 0 bridgehead atoms. The molecule has 0 aliphatic carbocycles. The third-order valence-corrected chi connectivity index (χ3v) is 3.70. The number of nitrogens with zero attached hydrogens (tertiary/aromatic N) is 1. The third kappa shape index (κ3) is 3.15. The van der Waals surface area contributed by atoms with Gasteiger partial charge in [0.1, 0.15) is 0 Å². The monoisotopic (exact) mass is 267 g/mol. The van der Waals surface area contributed by atoms with E-state index in [9.17, 15) is 9.59 Å². The second-order valence-electron chi connectivity index (χ2n) is 3.31. The summed E-state index contributed by atoms with van der Waals surface area (Å²) in [5.41, 5.74) is 0.843. The average Bonchev–Trinajstić information content (AvgIpc) is 2.87. The van der Waals surface area contributed by atoms with Gasteiger partial charge in [-0.3, -0.25) is 4.79 Å². The van der Waals surface area contributed by atoms with E-state index in [4.69, 9.17) is 5.11 Å². The lowest BCUT2D eigenvalue weighted by Crippen LogP contribution is -2.11. The zero-order valence-electron chi connectivity index (χ0n) is 8.70. The molecule has 88 valence electrons. The van der Waals surface area contributed by atoms with Gasteiger partial charge in [-0.2, -0.15) is 0 Å². The van der Waals surface area contributed by atoms with Gasteiger partial charge < -0.3 is 9.67 Å². The summed E-state index contributed by atoms with van der Waals surface area (Å²) in [5, 5.41) is 12.1. The minimum absolute atomic E-state index is 0.0148. The Hall–Kier alpha value is -1.66. The van der Waals surface area contributed by atoms with Crippen LogP contribution in [0, 0.1) is 0 Å². The fourth-order valence-electron chi connectivity index (χ4n) is 1.31. The molecule has 17 heavy (non-hydrogen) atoms. The number of aliphatic carboxylic acids is 1. The number of thiophene rings is 1. The quantitative estimate of drug-likeness (QED) is 0.863. The predicted octanol–water partition coefficient (Wildman–Crippen LogP) is 2.12. The van der Waals surface area contributed by atoms with Crippen LogP contribution in [-0.2, 0) is 11.3 Å². The lowest BCUT2D eigenvalue weighted by atomic mass is 10.3. The number of thiazole rings is 1. The van der Waals surface area contributed by atoms with Crippen LogP contribution >= 0.6 is 22.7 Å². The van der Waals surface area contributed by atoms with Crippen molar-refractivity contribution in [1.29, 1.82) is 0 Å². The van der Waals surface area contributed by atoms with Crippen molar-refractivity contribution in [3.8, 4) is 0 Å². The molecule has 0 unspecified atom stereocenters. The molecule has 0 aliphatic rings. The highest BCUT2D eigenvalue weighted by Crippen LogP contribution is 2.17. The van der Waals surface area contributed by atoms with Gasteiger partial charge in [0.05, 0.1) is 6.54 Å². The van der Waals surface area contributed by atoms with Crippen molar-refractivity contribution in [3.63, 3.8) is 0 Å². The van der Waals surface area contributed by atoms with Crippen molar-refractivity contribution in [2.75, 3.05) is 0 Å². The Morgan fingerprint density at radius 1 is 1.47 bits per heavy atom. The van der Waals surface area contributed by atoms with Crippen LogP contribution in [0.15, 0.2) is 33.9 Å². The average molecular weight is 267 g/mol. The Balaban J connectivity index is 2.11. The van der Waals surface area contributed by atoms with Gasteiger partial charge >= 0.3 is 10.8 Å². The molecule has 2 rings (SSSR count). The zero-order valence-corrected chi connectivity index (χ0v) is 10.3. The normalized spacial score (nSPS) is 11.1. The smallest absolute Gasteiger partial charge is 0.328 e. The molecule has 0 radical (unpaired) electrons. The summed E-state index contributed by atoms with van der Waals surface area (Å²) in [6.45, 7) is 0.536. The number of hydrogen-bond acceptors (Lipinski definition) is 4. The highest BCUT2D eigenvalue weighted by atomic mass is 32.1. The van der Waals surface area contributed by atoms with E-state index in [0.29, 0.717) is 6.54 Å². The highest BCUT2D eigenvalue weighted by molar-refractivity contribution is 7.10. The Bertz CT molecular complexity index is 606. The second kappa shape index (κ2) is 5.11. The Morgan fingerprint density at radius 2 is 2.29 bits per heavy atom. The molecule has 0 saturated carbocycles. The van der Waals surface area contributed by atoms with Crippen molar-refractivity contribution in [1.82, 2.24) is 4.57 Å². The number of carbonyl (C=O) groups is 1. The molecule has 0 saturated heterocycles. The van der Waals surface area contributed by atoms with Gasteiger partial charge in [0.25, 0.3) is 0 Å². The fourth-order valence-corrected chi connectivity index (χ4v) is 2.75. The topological polar surface area (TPSA) is 59.3 Å². The summed E-state index contributed by atoms with van der Waals surface area (Å²) in [6.07, 6.45) is 4.39. The van der Waals surface area contributed by atoms with Gasteiger partial charge in [0.2, 0.25) is 0 Å². The van der Waals surface area contributed by atoms with E-state index >= 15 is 0 Å². The standard InChI is InChI=1S/C11H9NO3S2/c13-10(14)2-1-8-5-9(17-7-8)6-12-3-4-16-11(12)15/h1-5,7H,6H2,(H,13,14). The first-order valence-electron chi connectivity index (χ1n) is 4.77. The van der Waals surface area contributed by atoms with Crippen molar-refractivity contribution in [2.45, 2.75) is 6.54 Å². The molecule has 0 aromatic carbocycles. The molecule has 0 amide bonds. The Labute approximate surface area is 105 Å². The van der Waals surface area contributed by atoms with Crippen LogP contribution in [0.1, 0.15) is 10.4 Å². The van der Waals surface area contributed by atoms with Crippen molar-refractivity contribution >= 4 is 34.7 Å². The molecule has 0 aliphatic heterocycles. The first-order valence-corrected chi connectivity index (χ1v) is 6.53. The minimum atomic E-state index is -0.966. The van der Waals surface area contributed by atoms with E-state index in [2.05, 4.69) is 0 Å². The van der Waals surface area contributed by atoms with E-state index in [0.717, 1.165) is 27.9 Å². The van der Waals surface area contributed by atoms with Crippen LogP contribution in [0.3, 0.4) is 0 Å². The summed E-state index contributed by atoms with van der Waals surface area (Å²) >= 11 is 2.67. The molecule has 0 fully saturated rings.